The van der Waals surface area contributed by atoms with Crippen LogP contribution in [0.2, 0.25) is 0 Å². The molecule has 2 aliphatic heterocycles. The quantitative estimate of drug-likeness (QED) is 0.0337. The van der Waals surface area contributed by atoms with Gasteiger partial charge in [0.05, 0.1) is 32.0 Å². The van der Waals surface area contributed by atoms with Gasteiger partial charge in [-0.05, 0) is 19.3 Å². The number of rotatable bonds is 33. The van der Waals surface area contributed by atoms with Gasteiger partial charge in [-0.2, -0.15) is 0 Å². The lowest BCUT2D eigenvalue weighted by Crippen LogP contribution is -2.65. The molecule has 0 saturated carbocycles. The number of hydrogen-bond donors (Lipinski definition) is 9. The van der Waals surface area contributed by atoms with Crippen LogP contribution in [0.5, 0.6) is 0 Å². The van der Waals surface area contributed by atoms with Gasteiger partial charge in [0.2, 0.25) is 5.91 Å². The molecule has 2 aliphatic rings. The third-order valence-corrected chi connectivity index (χ3v) is 11.2. The second-order valence-corrected chi connectivity index (χ2v) is 16.2. The van der Waals surface area contributed by atoms with Crippen LogP contribution in [-0.2, 0) is 23.7 Å². The van der Waals surface area contributed by atoms with Crippen molar-refractivity contribution in [2.45, 2.75) is 235 Å². The standard InChI is InChI=1S/C43H81NO13/c1-3-5-7-9-11-12-13-14-15-16-17-18-19-21-23-25-27-35(48)44-31(32(47)26-24-22-20-10-8-6-4-2)30-54-42-40(53)38(51)41(34(29-46)56-42)57-43-39(52)37(50)36(49)33(28-45)55-43/h24,26,31-34,36-43,45-47,49-53H,3-23,25,27-30H2,1-2H3,(H,44,48)/b26-24+. The number of nitrogens with one attached hydrogen (secondary N) is 1. The van der Waals surface area contributed by atoms with E-state index in [1.54, 1.807) is 6.08 Å². The maximum atomic E-state index is 13.0. The van der Waals surface area contributed by atoms with Gasteiger partial charge in [0, 0.05) is 6.42 Å². The Morgan fingerprint density at radius 1 is 0.614 bits per heavy atom. The Balaban J connectivity index is 1.84. The maximum absolute atomic E-state index is 13.0. The van der Waals surface area contributed by atoms with E-state index in [9.17, 15) is 45.6 Å². The lowest BCUT2D eigenvalue weighted by atomic mass is 9.97. The molecule has 1 amide bonds. The molecule has 0 bridgehead atoms. The molecule has 0 aromatic heterocycles. The fourth-order valence-electron chi connectivity index (χ4n) is 7.47. The first-order valence-electron chi connectivity index (χ1n) is 22.4. The molecule has 57 heavy (non-hydrogen) atoms. The Kier molecular flexibility index (Phi) is 28.7. The van der Waals surface area contributed by atoms with Crippen molar-refractivity contribution in [1.29, 1.82) is 0 Å². The van der Waals surface area contributed by atoms with Crippen molar-refractivity contribution in [2.75, 3.05) is 19.8 Å². The van der Waals surface area contributed by atoms with E-state index in [2.05, 4.69) is 19.2 Å². The van der Waals surface area contributed by atoms with E-state index in [1.807, 2.05) is 6.08 Å². The first kappa shape index (κ1) is 51.9. The number of unbranched alkanes of at least 4 members (excludes halogenated alkanes) is 20. The highest BCUT2D eigenvalue weighted by Gasteiger charge is 2.50. The summed E-state index contributed by atoms with van der Waals surface area (Å²) in [7, 11) is 0. The van der Waals surface area contributed by atoms with Gasteiger partial charge in [-0.1, -0.05) is 148 Å². The van der Waals surface area contributed by atoms with Crippen LogP contribution in [0, 0.1) is 0 Å². The SMILES string of the molecule is CCCCCCC/C=C/C(O)C(COC1OC(CO)C(OC2OC(CO)C(O)C(O)C2O)C(O)C1O)NC(=O)CCCCCCCCCCCCCCCCCC. The summed E-state index contributed by atoms with van der Waals surface area (Å²) in [6, 6.07) is -0.904. The van der Waals surface area contributed by atoms with Crippen molar-refractivity contribution >= 4 is 5.91 Å². The highest BCUT2D eigenvalue weighted by Crippen LogP contribution is 2.30. The van der Waals surface area contributed by atoms with E-state index in [1.165, 1.54) is 83.5 Å². The Hall–Kier alpha value is -1.27. The lowest BCUT2D eigenvalue weighted by Gasteiger charge is -2.46. The minimum Gasteiger partial charge on any atom is -0.394 e. The van der Waals surface area contributed by atoms with Crippen LogP contribution in [0.15, 0.2) is 12.2 Å². The van der Waals surface area contributed by atoms with Crippen LogP contribution in [0.3, 0.4) is 0 Å². The summed E-state index contributed by atoms with van der Waals surface area (Å²) in [4.78, 5) is 13.0. The average molecular weight is 820 g/mol. The molecule has 0 aliphatic carbocycles. The number of ether oxygens (including phenoxy) is 4. The van der Waals surface area contributed by atoms with Crippen LogP contribution in [0.25, 0.3) is 0 Å². The number of allylic oxidation sites excluding steroid dienone is 1. The minimum atomic E-state index is -1.78. The first-order valence-corrected chi connectivity index (χ1v) is 22.4. The Morgan fingerprint density at radius 2 is 1.09 bits per heavy atom. The van der Waals surface area contributed by atoms with Gasteiger partial charge in [-0.15, -0.1) is 0 Å². The van der Waals surface area contributed by atoms with Gasteiger partial charge >= 0.3 is 0 Å². The maximum Gasteiger partial charge on any atom is 0.220 e. The lowest BCUT2D eigenvalue weighted by molar-refractivity contribution is -0.359. The fraction of sp³-hybridized carbons (Fsp3) is 0.930. The van der Waals surface area contributed by atoms with Gasteiger partial charge in [0.1, 0.15) is 48.8 Å². The molecule has 14 heteroatoms. The Bertz CT molecular complexity index is 1020. The third-order valence-electron chi connectivity index (χ3n) is 11.2. The molecule has 336 valence electrons. The number of carbonyl (C=O) groups is 1. The van der Waals surface area contributed by atoms with Gasteiger partial charge in [0.25, 0.3) is 0 Å². The molecule has 2 rings (SSSR count). The summed E-state index contributed by atoms with van der Waals surface area (Å²) in [5, 5.41) is 86.1. The van der Waals surface area contributed by atoms with Crippen molar-refractivity contribution in [3.63, 3.8) is 0 Å². The summed E-state index contributed by atoms with van der Waals surface area (Å²) in [6.07, 6.45) is 12.9. The zero-order chi connectivity index (χ0) is 41.8. The van der Waals surface area contributed by atoms with Gasteiger partial charge in [0.15, 0.2) is 12.6 Å². The third kappa shape index (κ3) is 20.2. The van der Waals surface area contributed by atoms with Gasteiger partial charge in [-0.25, -0.2) is 0 Å². The smallest absolute Gasteiger partial charge is 0.220 e. The zero-order valence-corrected chi connectivity index (χ0v) is 35.1. The summed E-state index contributed by atoms with van der Waals surface area (Å²) in [6.45, 7) is 2.70. The molecule has 0 aromatic carbocycles. The predicted molar refractivity (Wildman–Crippen MR) is 217 cm³/mol. The molecule has 2 heterocycles. The number of aliphatic hydroxyl groups excluding tert-OH is 8. The Morgan fingerprint density at radius 3 is 1.61 bits per heavy atom. The summed E-state index contributed by atoms with van der Waals surface area (Å²) in [5.41, 5.74) is 0. The molecule has 0 spiro atoms. The number of aliphatic hydroxyl groups is 8. The number of amides is 1. The first-order chi connectivity index (χ1) is 27.6. The molecule has 2 saturated heterocycles. The van der Waals surface area contributed by atoms with E-state index in [4.69, 9.17) is 18.9 Å². The van der Waals surface area contributed by atoms with E-state index < -0.39 is 86.8 Å². The highest BCUT2D eigenvalue weighted by atomic mass is 16.7. The van der Waals surface area contributed by atoms with Gasteiger partial charge < -0.3 is 65.1 Å². The highest BCUT2D eigenvalue weighted by molar-refractivity contribution is 5.76. The summed E-state index contributed by atoms with van der Waals surface area (Å²) >= 11 is 0. The van der Waals surface area contributed by atoms with Gasteiger partial charge in [-0.3, -0.25) is 4.79 Å². The van der Waals surface area contributed by atoms with E-state index in [0.29, 0.717) is 6.42 Å². The minimum absolute atomic E-state index is 0.243. The largest absolute Gasteiger partial charge is 0.394 e. The topological polar surface area (TPSA) is 228 Å². The second-order valence-electron chi connectivity index (χ2n) is 16.2. The summed E-state index contributed by atoms with van der Waals surface area (Å²) < 4.78 is 22.5. The molecule has 14 nitrogen and oxygen atoms in total. The predicted octanol–water partition coefficient (Wildman–Crippen LogP) is 4.04. The molecule has 0 aromatic rings. The fourth-order valence-corrected chi connectivity index (χ4v) is 7.47. The number of hydrogen-bond acceptors (Lipinski definition) is 13. The van der Waals surface area contributed by atoms with Crippen LogP contribution < -0.4 is 5.32 Å². The van der Waals surface area contributed by atoms with Crippen LogP contribution in [0.4, 0.5) is 0 Å². The second kappa shape index (κ2) is 31.6. The van der Waals surface area contributed by atoms with Crippen LogP contribution in [0.1, 0.15) is 162 Å². The van der Waals surface area contributed by atoms with Crippen molar-refractivity contribution in [1.82, 2.24) is 5.32 Å². The van der Waals surface area contributed by atoms with Crippen molar-refractivity contribution < 1.29 is 64.6 Å². The molecule has 9 N–H and O–H groups in total. The molecule has 2 fully saturated rings. The Labute approximate surface area is 342 Å². The van der Waals surface area contributed by atoms with Crippen molar-refractivity contribution in [3.05, 3.63) is 12.2 Å². The number of carbonyl (C=O) groups excluding carboxylic acids is 1. The monoisotopic (exact) mass is 820 g/mol. The van der Waals surface area contributed by atoms with E-state index >= 15 is 0 Å². The van der Waals surface area contributed by atoms with E-state index in [0.717, 1.165) is 51.4 Å². The zero-order valence-electron chi connectivity index (χ0n) is 35.1. The molecular formula is C43H81NO13. The molecule has 12 unspecified atom stereocenters. The van der Waals surface area contributed by atoms with Crippen LogP contribution in [-0.4, -0.2) is 140 Å². The molecular weight excluding hydrogens is 738 g/mol. The normalized spacial score (nSPS) is 29.2. The van der Waals surface area contributed by atoms with Crippen molar-refractivity contribution in [2.24, 2.45) is 0 Å². The van der Waals surface area contributed by atoms with Crippen molar-refractivity contribution in [3.8, 4) is 0 Å². The summed E-state index contributed by atoms with van der Waals surface area (Å²) in [5.74, 6) is -0.243. The van der Waals surface area contributed by atoms with Crippen LogP contribution >= 0.6 is 0 Å². The average Bonchev–Trinajstić information content (AvgIpc) is 3.21. The van der Waals surface area contributed by atoms with E-state index in [-0.39, 0.29) is 18.9 Å². The molecule has 12 atom stereocenters. The molecule has 0 radical (unpaired) electrons.